The Bertz CT molecular complexity index is 1650. The van der Waals surface area contributed by atoms with E-state index in [-0.39, 0.29) is 32.4 Å². The van der Waals surface area contributed by atoms with Crippen molar-refractivity contribution in [2.45, 2.75) is 48.3 Å². The molecule has 0 saturated heterocycles. The fourth-order valence-electron chi connectivity index (χ4n) is 3.39. The minimum atomic E-state index is -7.83. The van der Waals surface area contributed by atoms with Crippen LogP contribution in [0.3, 0.4) is 0 Å². The summed E-state index contributed by atoms with van der Waals surface area (Å²) >= 11 is 6.04. The van der Waals surface area contributed by atoms with Gasteiger partial charge in [-0.25, -0.2) is 4.68 Å². The van der Waals surface area contributed by atoms with E-state index in [0.29, 0.717) is 7.05 Å². The van der Waals surface area contributed by atoms with Gasteiger partial charge in [-0.2, -0.15) is 66.2 Å². The molecule has 1 aliphatic rings. The van der Waals surface area contributed by atoms with Crippen LogP contribution in [-0.2, 0) is 14.3 Å². The fourth-order valence-corrected chi connectivity index (χ4v) is 4.46. The molecule has 23 heteroatoms. The maximum absolute atomic E-state index is 14.0. The molecular formula is C22H16ClF12N5O4S. The number of rotatable bonds is 9. The van der Waals surface area contributed by atoms with E-state index in [2.05, 4.69) is 19.6 Å². The third kappa shape index (κ3) is 6.65. The summed E-state index contributed by atoms with van der Waals surface area (Å²) in [5.74, 6) is -20.4. The van der Waals surface area contributed by atoms with E-state index in [1.54, 1.807) is 0 Å². The van der Waals surface area contributed by atoms with Crippen LogP contribution >= 0.6 is 11.6 Å². The second kappa shape index (κ2) is 11.6. The van der Waals surface area contributed by atoms with E-state index in [0.717, 1.165) is 25.2 Å². The van der Waals surface area contributed by atoms with Gasteiger partial charge in [-0.3, -0.25) is 9.79 Å². The van der Waals surface area contributed by atoms with E-state index < -0.39 is 62.8 Å². The number of benzene rings is 1. The Morgan fingerprint density at radius 2 is 1.60 bits per heavy atom. The van der Waals surface area contributed by atoms with E-state index >= 15 is 0 Å². The molecule has 0 atom stereocenters. The maximum Gasteiger partial charge on any atom is 0.460 e. The lowest BCUT2D eigenvalue weighted by atomic mass is 10.1. The van der Waals surface area contributed by atoms with Crippen LogP contribution in [0.1, 0.15) is 23.2 Å². The summed E-state index contributed by atoms with van der Waals surface area (Å²) in [5, 5.41) is -1.31. The Kier molecular flexibility index (Phi) is 9.22. The molecule has 1 heterocycles. The highest BCUT2D eigenvalue weighted by Crippen LogP contribution is 2.55. The normalized spacial score (nSPS) is 16.4. The van der Waals surface area contributed by atoms with Gasteiger partial charge in [-0.1, -0.05) is 17.7 Å². The summed E-state index contributed by atoms with van der Waals surface area (Å²) in [6.07, 6.45) is -10.3. The van der Waals surface area contributed by atoms with Crippen molar-refractivity contribution in [3.8, 4) is 11.1 Å². The number of aliphatic imine (C=N–C) groups is 1. The van der Waals surface area contributed by atoms with Crippen LogP contribution in [0.15, 0.2) is 47.0 Å². The molecule has 1 aromatic heterocycles. The lowest BCUT2D eigenvalue weighted by Gasteiger charge is -2.32. The lowest BCUT2D eigenvalue weighted by Crippen LogP contribution is -2.63. The van der Waals surface area contributed by atoms with Gasteiger partial charge in [0.2, 0.25) is 5.88 Å². The number of carbonyl (C=O) groups excluding carboxylic acids is 1. The van der Waals surface area contributed by atoms with Crippen LogP contribution < -0.4 is 11.1 Å². The SMILES string of the molecule is CN=C(C(=C(N)OS(=O)(=O)C(F)(F)C(F)(F)C(F)(F)C(F)(F)F)C(F)(F)F)n1cc(-c2ccc(Cl)c(C(=O)NC3CC3)c2)cn1. The molecule has 3 N–H and O–H groups in total. The molecule has 45 heavy (non-hydrogen) atoms. The van der Waals surface area contributed by atoms with Crippen molar-refractivity contribution in [3.05, 3.63) is 52.6 Å². The zero-order valence-corrected chi connectivity index (χ0v) is 23.3. The third-order valence-electron chi connectivity index (χ3n) is 5.85. The summed E-state index contributed by atoms with van der Waals surface area (Å²) in [4.78, 5) is 15.6. The largest absolute Gasteiger partial charge is 0.460 e. The fraction of sp³-hybridized carbons (Fsp3) is 0.409. The van der Waals surface area contributed by atoms with Crippen molar-refractivity contribution < 1.29 is 70.1 Å². The highest BCUT2D eigenvalue weighted by Gasteiger charge is 2.86. The summed E-state index contributed by atoms with van der Waals surface area (Å²) in [6, 6.07) is 3.68. The van der Waals surface area contributed by atoms with Crippen molar-refractivity contribution in [2.75, 3.05) is 7.05 Å². The molecule has 1 amide bonds. The number of hydrogen-bond acceptors (Lipinski definition) is 7. The highest BCUT2D eigenvalue weighted by atomic mass is 35.5. The molecule has 9 nitrogen and oxygen atoms in total. The predicted molar refractivity (Wildman–Crippen MR) is 130 cm³/mol. The van der Waals surface area contributed by atoms with Gasteiger partial charge in [-0.05, 0) is 30.5 Å². The smallest absolute Gasteiger partial charge is 0.368 e. The molecule has 1 fully saturated rings. The molecule has 0 aliphatic heterocycles. The Morgan fingerprint density at radius 1 is 1.02 bits per heavy atom. The van der Waals surface area contributed by atoms with Crippen molar-refractivity contribution in [1.29, 1.82) is 0 Å². The highest BCUT2D eigenvalue weighted by molar-refractivity contribution is 7.88. The first-order chi connectivity index (χ1) is 20.3. The van der Waals surface area contributed by atoms with Gasteiger partial charge < -0.3 is 15.2 Å². The number of aromatic nitrogens is 2. The quantitative estimate of drug-likeness (QED) is 0.117. The number of nitrogens with two attached hydrogens (primary N) is 1. The van der Waals surface area contributed by atoms with Crippen molar-refractivity contribution in [1.82, 2.24) is 15.1 Å². The van der Waals surface area contributed by atoms with Crippen LogP contribution in [0.25, 0.3) is 11.1 Å². The summed E-state index contributed by atoms with van der Waals surface area (Å²) < 4.78 is 188. The number of hydrogen-bond donors (Lipinski definition) is 2. The summed E-state index contributed by atoms with van der Waals surface area (Å²) in [6.45, 7) is 0. The zero-order valence-electron chi connectivity index (χ0n) is 21.8. The molecule has 250 valence electrons. The standard InChI is InChI=1S/C22H16ClF12N5O4S/c1-37-16(40-8-10(7-38-40)9-2-5-13(23)12(6-9)17(41)39-11-3-4-11)14(18(24,25)26)15(36)44-45(42,43)22(34,35)20(29,30)19(27,28)21(31,32)33/h2,5-8,11H,3-4,36H2,1H3,(H,39,41). The van der Waals surface area contributed by atoms with E-state index in [1.165, 1.54) is 18.2 Å². The first-order valence-electron chi connectivity index (χ1n) is 11.6. The summed E-state index contributed by atoms with van der Waals surface area (Å²) in [5.41, 5.74) is 2.25. The van der Waals surface area contributed by atoms with Gasteiger partial charge in [0.1, 0.15) is 0 Å². The number of nitrogens with one attached hydrogen (secondary N) is 1. The van der Waals surface area contributed by atoms with Gasteiger partial charge in [0.25, 0.3) is 5.91 Å². The molecule has 0 bridgehead atoms. The molecule has 2 aromatic rings. The van der Waals surface area contributed by atoms with Crippen LogP contribution in [0.4, 0.5) is 52.7 Å². The monoisotopic (exact) mass is 709 g/mol. The van der Waals surface area contributed by atoms with E-state index in [1.807, 2.05) is 0 Å². The van der Waals surface area contributed by atoms with Crippen molar-refractivity contribution in [3.63, 3.8) is 0 Å². The average molecular weight is 710 g/mol. The minimum absolute atomic E-state index is 0.0103. The molecule has 0 spiro atoms. The molecule has 1 aliphatic carbocycles. The Morgan fingerprint density at radius 3 is 2.09 bits per heavy atom. The van der Waals surface area contributed by atoms with E-state index in [4.69, 9.17) is 17.3 Å². The Balaban J connectivity index is 2.05. The summed E-state index contributed by atoms with van der Waals surface area (Å²) in [7, 11) is -7.23. The first-order valence-corrected chi connectivity index (χ1v) is 13.4. The van der Waals surface area contributed by atoms with Gasteiger partial charge >= 0.3 is 39.6 Å². The predicted octanol–water partition coefficient (Wildman–Crippen LogP) is 5.48. The van der Waals surface area contributed by atoms with Crippen LogP contribution in [0, 0.1) is 0 Å². The number of nitrogens with zero attached hydrogens (tertiary/aromatic N) is 3. The number of halogens is 13. The Labute approximate surface area is 248 Å². The molecule has 1 aromatic carbocycles. The number of carbonyl (C=O) groups is 1. The Hall–Kier alpha value is -3.69. The second-order valence-electron chi connectivity index (χ2n) is 9.10. The van der Waals surface area contributed by atoms with E-state index in [9.17, 15) is 65.9 Å². The number of amides is 1. The number of allylic oxidation sites excluding steroid dienone is 1. The third-order valence-corrected chi connectivity index (χ3v) is 7.46. The lowest BCUT2D eigenvalue weighted by molar-refractivity contribution is -0.382. The maximum atomic E-state index is 14.0. The van der Waals surface area contributed by atoms with Crippen molar-refractivity contribution >= 4 is 33.5 Å². The van der Waals surface area contributed by atoms with Gasteiger partial charge in [0.15, 0.2) is 11.4 Å². The van der Waals surface area contributed by atoms with Crippen LogP contribution in [0.5, 0.6) is 0 Å². The molecular weight excluding hydrogens is 694 g/mol. The van der Waals surface area contributed by atoms with Crippen molar-refractivity contribution in [2.24, 2.45) is 10.7 Å². The first kappa shape index (κ1) is 35.8. The second-order valence-corrected chi connectivity index (χ2v) is 11.1. The zero-order chi connectivity index (χ0) is 34.6. The molecule has 0 radical (unpaired) electrons. The molecule has 1 saturated carbocycles. The van der Waals surface area contributed by atoms with Crippen LogP contribution in [-0.4, -0.2) is 72.5 Å². The average Bonchev–Trinajstić information content (AvgIpc) is 3.57. The molecule has 3 rings (SSSR count). The van der Waals surface area contributed by atoms with Gasteiger partial charge in [-0.15, -0.1) is 0 Å². The molecule has 0 unspecified atom stereocenters. The minimum Gasteiger partial charge on any atom is -0.368 e. The van der Waals surface area contributed by atoms with Crippen LogP contribution in [0.2, 0.25) is 5.02 Å². The van der Waals surface area contributed by atoms with Gasteiger partial charge in [0.05, 0.1) is 16.8 Å². The van der Waals surface area contributed by atoms with Gasteiger partial charge in [0, 0.05) is 24.8 Å². The topological polar surface area (TPSA) is 129 Å². The number of alkyl halides is 12.